The van der Waals surface area contributed by atoms with Gasteiger partial charge in [0.1, 0.15) is 35.2 Å². The molecule has 7 aliphatic carbocycles. The maximum atomic E-state index is 8.64. The van der Waals surface area contributed by atoms with Crippen LogP contribution in [0.5, 0.6) is 0 Å². The van der Waals surface area contributed by atoms with E-state index in [2.05, 4.69) is 338 Å². The standard InChI is InChI=1S/C25H28N.C24H26N.C23H22N.2C22H24N/c1-15-5-6-20-13-17(3)26(4)25(24(20)11-15)21-14-23-19-9-7-18(8-10-19)22(23)12-16(21)2;1-14-5-6-17-11-16(3)25(4)24(23(17)9-14)20-13-22-19-8-7-18(12-19)21(22)10-15(20)2;1-15-9-10-20-13-17(3)24(4)23(22(20)11-15)21-14-19-8-6-5-7-18(19)12-16(21)2;1-13-8-7-9-17-18(13)21-19-16(12-15(3)23(21)6)11-10-14(2)20(19)22(17,4)5;1-14-8-9-19-12-16(3)23(4)22(21(19)10-14)20-13-18-7-5-6-17(18)11-15(20)2/h5-6,11-14,18-19H,7-10H2,1-4H3;5-6,9-11,13,18-19H,7-8,12H2,1-4H3;5-14H,1-4H3;7-12H,1-6H3;8-13H,5-7H2,1-4H3/q5*+1/i13D;11D;13D;2*12D. The van der Waals surface area contributed by atoms with E-state index in [0.717, 1.165) is 84.5 Å². The molecule has 5 nitrogen and oxygen atoms in total. The average Bonchev–Trinajstić information content (AvgIpc) is 0.788. The number of fused-ring (bicyclic) bond motifs is 15. The Hall–Kier alpha value is -11.3. The second-order valence-electron chi connectivity index (χ2n) is 37.7. The molecule has 7 aliphatic rings. The van der Waals surface area contributed by atoms with Crippen LogP contribution in [0.1, 0.15) is 224 Å². The molecule has 2 saturated carbocycles. The van der Waals surface area contributed by atoms with E-state index >= 15 is 0 Å². The lowest BCUT2D eigenvalue weighted by atomic mass is 9.66. The Labute approximate surface area is 727 Å². The molecule has 0 saturated heterocycles. The molecule has 5 heteroatoms. The summed E-state index contributed by atoms with van der Waals surface area (Å²) in [5, 5.41) is 13.8. The monoisotopic (exact) mass is 1590 g/mol. The molecular formula is C116H124N5+5. The SMILES string of the molecule is [2H]c1c(C)[n+](C)c(-c2cc3c(cc2C)C2CCC3C2)c2cc(C)ccc12.[2H]c1c(C)[n+](C)c(-c2cc3c(cc2C)C2CCC3CC2)c2cc(C)ccc12.[2H]c1c(C)[n+](C)c(-c2cc3c(cc2C)CCC3)c2cc(C)ccc12.[2H]c1c(C)[n+](C)c(-c2cc3ccccc3cc2C)c2cc(C)ccc12.[2H]c1c(C)[n+](C)c2c3c(c(C)ccc13)C(C)(C)c1cccc(C)c1-2. The fraction of sp³-hybridized carbons (Fsp3) is 0.319. The van der Waals surface area contributed by atoms with Gasteiger partial charge in [0, 0.05) is 70.2 Å². The van der Waals surface area contributed by atoms with Gasteiger partial charge in [-0.25, -0.2) is 0 Å². The molecule has 0 radical (unpaired) electrons. The van der Waals surface area contributed by atoms with Crippen molar-refractivity contribution in [2.75, 3.05) is 0 Å². The summed E-state index contributed by atoms with van der Waals surface area (Å²) in [4.78, 5) is 0. The molecule has 0 amide bonds. The van der Waals surface area contributed by atoms with Crippen LogP contribution in [0, 0.1) is 104 Å². The van der Waals surface area contributed by atoms with Crippen LogP contribution < -0.4 is 22.8 Å². The Kier molecular flexibility index (Phi) is 19.3. The van der Waals surface area contributed by atoms with Gasteiger partial charge in [0.2, 0.25) is 28.5 Å². The Morgan fingerprint density at radius 1 is 0.298 bits per heavy atom. The third kappa shape index (κ3) is 14.2. The number of benzene rings is 11. The van der Waals surface area contributed by atoms with E-state index in [1.165, 1.54) is 231 Å². The Bertz CT molecular complexity index is 7340. The third-order valence-electron chi connectivity index (χ3n) is 29.3. The Balaban J connectivity index is 0.000000107. The van der Waals surface area contributed by atoms with Gasteiger partial charge in [-0.15, -0.1) is 0 Å². The van der Waals surface area contributed by atoms with Crippen LogP contribution in [-0.2, 0) is 53.5 Å². The molecule has 0 spiro atoms. The summed E-state index contributed by atoms with van der Waals surface area (Å²) in [5.74, 6) is 3.10. The Morgan fingerprint density at radius 2 is 0.645 bits per heavy atom. The number of hydrogen-bond acceptors (Lipinski definition) is 0. The second kappa shape index (κ2) is 31.3. The average molecular weight is 1590 g/mol. The van der Waals surface area contributed by atoms with E-state index in [-0.39, 0.29) is 5.41 Å². The summed E-state index contributed by atoms with van der Waals surface area (Å²) < 4.78 is 53.9. The van der Waals surface area contributed by atoms with Crippen molar-refractivity contribution < 1.29 is 29.7 Å². The quantitative estimate of drug-likeness (QED) is 0.157. The number of rotatable bonds is 4. The van der Waals surface area contributed by atoms with Gasteiger partial charge in [-0.05, 0) is 321 Å². The van der Waals surface area contributed by atoms with E-state index in [1.54, 1.807) is 22.3 Å². The maximum absolute atomic E-state index is 8.64. The zero-order valence-corrected chi connectivity index (χ0v) is 75.9. The first-order chi connectivity index (χ1) is 60.1. The number of aryl methyl sites for hydroxylation is 12. The number of hydrogen-bond donors (Lipinski definition) is 0. The highest BCUT2D eigenvalue weighted by atomic mass is 15.0. The first-order valence-corrected chi connectivity index (χ1v) is 44.7. The summed E-state index contributed by atoms with van der Waals surface area (Å²) in [7, 11) is 10.5. The van der Waals surface area contributed by atoms with Crippen LogP contribution in [0.2, 0.25) is 0 Å². The van der Waals surface area contributed by atoms with E-state index in [0.29, 0.717) is 30.2 Å². The molecule has 16 aromatic rings. The van der Waals surface area contributed by atoms with Crippen molar-refractivity contribution in [2.24, 2.45) is 35.2 Å². The number of aromatic nitrogens is 5. The molecule has 23 rings (SSSR count). The molecular weight excluding hydrogens is 1460 g/mol. The van der Waals surface area contributed by atoms with Crippen molar-refractivity contribution in [3.8, 4) is 56.3 Å². The highest BCUT2D eigenvalue weighted by molar-refractivity contribution is 6.03. The van der Waals surface area contributed by atoms with Crippen LogP contribution in [0.4, 0.5) is 0 Å². The molecule has 5 heterocycles. The van der Waals surface area contributed by atoms with Crippen molar-refractivity contribution in [3.63, 3.8) is 0 Å². The van der Waals surface area contributed by atoms with Crippen LogP contribution in [-0.4, -0.2) is 0 Å². The fourth-order valence-corrected chi connectivity index (χ4v) is 22.4. The topological polar surface area (TPSA) is 19.4 Å². The van der Waals surface area contributed by atoms with Crippen LogP contribution >= 0.6 is 0 Å². The van der Waals surface area contributed by atoms with Crippen molar-refractivity contribution in [1.82, 2.24) is 0 Å². The van der Waals surface area contributed by atoms with Gasteiger partial charge >= 0.3 is 0 Å². The normalized spacial score (nSPS) is 17.2. The fourth-order valence-electron chi connectivity index (χ4n) is 22.4. The number of nitrogens with zero attached hydrogens (tertiary/aromatic N) is 5. The molecule has 2 unspecified atom stereocenters. The van der Waals surface area contributed by atoms with E-state index in [1.807, 2.05) is 13.8 Å². The molecule has 121 heavy (non-hydrogen) atoms. The molecule has 11 aromatic carbocycles. The van der Waals surface area contributed by atoms with Gasteiger partial charge < -0.3 is 0 Å². The highest BCUT2D eigenvalue weighted by Gasteiger charge is 2.42. The van der Waals surface area contributed by atoms with Crippen molar-refractivity contribution in [3.05, 3.63) is 335 Å². The van der Waals surface area contributed by atoms with Gasteiger partial charge in [-0.3, -0.25) is 0 Å². The zero-order chi connectivity index (χ0) is 89.1. The van der Waals surface area contributed by atoms with Crippen molar-refractivity contribution >= 4 is 64.6 Å². The first kappa shape index (κ1) is 74.8. The van der Waals surface area contributed by atoms with Gasteiger partial charge in [0.25, 0.3) is 0 Å². The lowest BCUT2D eigenvalue weighted by Gasteiger charge is -2.38. The molecule has 608 valence electrons. The van der Waals surface area contributed by atoms with Crippen LogP contribution in [0.3, 0.4) is 0 Å². The predicted octanol–water partition coefficient (Wildman–Crippen LogP) is 26.7. The molecule has 2 atom stereocenters. The van der Waals surface area contributed by atoms with E-state index < -0.39 is 0 Å². The Morgan fingerprint density at radius 3 is 1.10 bits per heavy atom. The third-order valence-corrected chi connectivity index (χ3v) is 29.3. The van der Waals surface area contributed by atoms with Crippen molar-refractivity contribution in [1.29, 1.82) is 0 Å². The lowest BCUT2D eigenvalue weighted by molar-refractivity contribution is -0.665. The van der Waals surface area contributed by atoms with E-state index in [9.17, 15) is 0 Å². The van der Waals surface area contributed by atoms with Crippen LogP contribution in [0.25, 0.3) is 121 Å². The maximum Gasteiger partial charge on any atom is 0.221 e. The number of pyridine rings is 5. The summed E-state index contributed by atoms with van der Waals surface area (Å²) in [6.45, 7) is 36.7. The predicted molar refractivity (Wildman–Crippen MR) is 509 cm³/mol. The summed E-state index contributed by atoms with van der Waals surface area (Å²) in [5.41, 5.74) is 43.0. The van der Waals surface area contributed by atoms with Crippen molar-refractivity contribution in [2.45, 2.75) is 211 Å². The van der Waals surface area contributed by atoms with E-state index in [4.69, 9.17) is 6.85 Å². The van der Waals surface area contributed by atoms with Gasteiger partial charge in [0.05, 0.1) is 61.6 Å². The smallest absolute Gasteiger partial charge is 0.198 e. The molecule has 0 N–H and O–H groups in total. The second-order valence-corrected chi connectivity index (χ2v) is 37.7. The molecule has 4 bridgehead atoms. The first-order valence-electron chi connectivity index (χ1n) is 47.2. The lowest BCUT2D eigenvalue weighted by Crippen LogP contribution is -2.39. The highest BCUT2D eigenvalue weighted by Crippen LogP contribution is 2.56. The van der Waals surface area contributed by atoms with Crippen LogP contribution in [0.15, 0.2) is 206 Å². The largest absolute Gasteiger partial charge is 0.221 e. The molecule has 0 aliphatic heterocycles. The minimum Gasteiger partial charge on any atom is -0.198 e. The summed E-state index contributed by atoms with van der Waals surface area (Å²) >= 11 is 0. The van der Waals surface area contributed by atoms with Gasteiger partial charge in [-0.2, -0.15) is 22.8 Å². The van der Waals surface area contributed by atoms with Gasteiger partial charge in [0.15, 0.2) is 28.5 Å². The molecule has 2 fully saturated rings. The minimum atomic E-state index is -0.0629. The minimum absolute atomic E-state index is 0.0629. The van der Waals surface area contributed by atoms with Gasteiger partial charge in [-0.1, -0.05) is 163 Å². The zero-order valence-electron chi connectivity index (χ0n) is 80.9. The molecule has 5 aromatic heterocycles. The summed E-state index contributed by atoms with van der Waals surface area (Å²) in [6, 6.07) is 67.7. The summed E-state index contributed by atoms with van der Waals surface area (Å²) in [6.07, 6.45) is 13.2.